The van der Waals surface area contributed by atoms with Gasteiger partial charge in [-0.1, -0.05) is 28.1 Å². The SMILES string of the molecule is COc1ccc2c(c1)c(/C=C1\Oc3c(ccc(OCc4ccc(Br)cc4)c3C)C1=O)cn2C. The van der Waals surface area contributed by atoms with Crippen LogP contribution >= 0.6 is 15.9 Å². The van der Waals surface area contributed by atoms with E-state index in [9.17, 15) is 4.79 Å². The number of hydrogen-bond acceptors (Lipinski definition) is 4. The molecular weight excluding hydrogens is 482 g/mol. The van der Waals surface area contributed by atoms with Crippen molar-refractivity contribution < 1.29 is 19.0 Å². The molecule has 0 aliphatic carbocycles. The fourth-order valence-corrected chi connectivity index (χ4v) is 4.32. The molecule has 33 heavy (non-hydrogen) atoms. The molecule has 0 fully saturated rings. The molecule has 0 radical (unpaired) electrons. The summed E-state index contributed by atoms with van der Waals surface area (Å²) in [6, 6.07) is 17.5. The van der Waals surface area contributed by atoms with Crippen LogP contribution in [0.3, 0.4) is 0 Å². The number of methoxy groups -OCH3 is 1. The molecule has 1 aromatic heterocycles. The van der Waals surface area contributed by atoms with Crippen LogP contribution in [-0.4, -0.2) is 17.5 Å². The summed E-state index contributed by atoms with van der Waals surface area (Å²) in [6.45, 7) is 2.34. The first-order valence-corrected chi connectivity index (χ1v) is 11.3. The molecule has 166 valence electrons. The van der Waals surface area contributed by atoms with Gasteiger partial charge in [-0.2, -0.15) is 0 Å². The van der Waals surface area contributed by atoms with Crippen molar-refractivity contribution in [2.75, 3.05) is 7.11 Å². The number of Topliss-reactive ketones (excluding diaryl/α,β-unsaturated/α-hetero) is 1. The molecule has 0 unspecified atom stereocenters. The second-order valence-corrected chi connectivity index (χ2v) is 8.91. The summed E-state index contributed by atoms with van der Waals surface area (Å²) in [4.78, 5) is 13.1. The molecule has 0 saturated carbocycles. The lowest BCUT2D eigenvalue weighted by atomic mass is 10.1. The standard InChI is InChI=1S/C27H22BrNO4/c1-16-24(32-15-17-4-6-19(28)7-5-17)11-9-21-26(30)25(33-27(16)21)12-18-14-29(2)23-10-8-20(31-3)13-22(18)23/h4-14H,15H2,1-3H3/b25-12-. The van der Waals surface area contributed by atoms with Gasteiger partial charge in [0, 0.05) is 39.7 Å². The van der Waals surface area contributed by atoms with Crippen LogP contribution in [0.4, 0.5) is 0 Å². The van der Waals surface area contributed by atoms with Crippen molar-refractivity contribution >= 4 is 38.7 Å². The third-order valence-corrected chi connectivity index (χ3v) is 6.39. The van der Waals surface area contributed by atoms with Gasteiger partial charge in [-0.25, -0.2) is 0 Å². The van der Waals surface area contributed by atoms with Gasteiger partial charge in [-0.05, 0) is 61.0 Å². The highest BCUT2D eigenvalue weighted by Crippen LogP contribution is 2.40. The van der Waals surface area contributed by atoms with Gasteiger partial charge in [0.1, 0.15) is 23.9 Å². The number of fused-ring (bicyclic) bond motifs is 2. The van der Waals surface area contributed by atoms with Gasteiger partial charge in [0.05, 0.1) is 12.7 Å². The summed E-state index contributed by atoms with van der Waals surface area (Å²) in [5.41, 5.74) is 4.35. The van der Waals surface area contributed by atoms with Gasteiger partial charge in [0.25, 0.3) is 0 Å². The van der Waals surface area contributed by atoms with Crippen molar-refractivity contribution in [3.63, 3.8) is 0 Å². The maximum Gasteiger partial charge on any atom is 0.231 e. The number of aryl methyl sites for hydroxylation is 1. The van der Waals surface area contributed by atoms with Crippen molar-refractivity contribution in [2.45, 2.75) is 13.5 Å². The average Bonchev–Trinajstić information content (AvgIpc) is 3.31. The van der Waals surface area contributed by atoms with E-state index < -0.39 is 0 Å². The minimum atomic E-state index is -0.132. The van der Waals surface area contributed by atoms with Crippen molar-refractivity contribution in [2.24, 2.45) is 7.05 Å². The van der Waals surface area contributed by atoms with E-state index in [0.717, 1.165) is 37.8 Å². The van der Waals surface area contributed by atoms with Gasteiger partial charge < -0.3 is 18.8 Å². The number of ether oxygens (including phenoxy) is 3. The van der Waals surface area contributed by atoms with E-state index in [-0.39, 0.29) is 5.78 Å². The zero-order chi connectivity index (χ0) is 23.1. The van der Waals surface area contributed by atoms with Crippen LogP contribution in [0.5, 0.6) is 17.2 Å². The summed E-state index contributed by atoms with van der Waals surface area (Å²) < 4.78 is 20.5. The zero-order valence-corrected chi connectivity index (χ0v) is 20.1. The number of hydrogen-bond donors (Lipinski definition) is 0. The monoisotopic (exact) mass is 503 g/mol. The van der Waals surface area contributed by atoms with Gasteiger partial charge in [-0.15, -0.1) is 0 Å². The first kappa shape index (κ1) is 21.3. The van der Waals surface area contributed by atoms with Gasteiger partial charge in [-0.3, -0.25) is 4.79 Å². The van der Waals surface area contributed by atoms with Gasteiger partial charge >= 0.3 is 0 Å². The number of aromatic nitrogens is 1. The lowest BCUT2D eigenvalue weighted by Crippen LogP contribution is -1.98. The first-order chi connectivity index (χ1) is 15.9. The fourth-order valence-electron chi connectivity index (χ4n) is 4.05. The summed E-state index contributed by atoms with van der Waals surface area (Å²) in [7, 11) is 3.61. The highest BCUT2D eigenvalue weighted by molar-refractivity contribution is 9.10. The predicted octanol–water partition coefficient (Wildman–Crippen LogP) is 6.45. The van der Waals surface area contributed by atoms with E-state index in [0.29, 0.717) is 29.4 Å². The lowest BCUT2D eigenvalue weighted by Gasteiger charge is -2.11. The highest BCUT2D eigenvalue weighted by atomic mass is 79.9. The summed E-state index contributed by atoms with van der Waals surface area (Å²) in [5.74, 6) is 2.18. The molecule has 4 aromatic rings. The number of ketones is 1. The Morgan fingerprint density at radius 2 is 1.88 bits per heavy atom. The Bertz CT molecular complexity index is 1420. The molecule has 0 spiro atoms. The summed E-state index contributed by atoms with van der Waals surface area (Å²) in [6.07, 6.45) is 3.78. The molecule has 0 atom stereocenters. The third kappa shape index (κ3) is 3.91. The molecule has 5 nitrogen and oxygen atoms in total. The number of benzene rings is 3. The van der Waals surface area contributed by atoms with E-state index in [1.807, 2.05) is 73.3 Å². The number of carbonyl (C=O) groups is 1. The second kappa shape index (κ2) is 8.45. The van der Waals surface area contributed by atoms with E-state index in [4.69, 9.17) is 14.2 Å². The van der Waals surface area contributed by atoms with Crippen LogP contribution in [-0.2, 0) is 13.7 Å². The minimum Gasteiger partial charge on any atom is -0.497 e. The Kier molecular flexibility index (Phi) is 5.46. The number of halogens is 1. The van der Waals surface area contributed by atoms with E-state index in [1.165, 1.54) is 0 Å². The molecular formula is C27H22BrNO4. The quantitative estimate of drug-likeness (QED) is 0.293. The van der Waals surface area contributed by atoms with Crippen molar-refractivity contribution in [3.05, 3.63) is 93.3 Å². The van der Waals surface area contributed by atoms with Crippen LogP contribution in [0.25, 0.3) is 17.0 Å². The molecule has 0 bridgehead atoms. The summed E-state index contributed by atoms with van der Waals surface area (Å²) >= 11 is 3.44. The van der Waals surface area contributed by atoms with Crippen LogP contribution < -0.4 is 14.2 Å². The van der Waals surface area contributed by atoms with Crippen LogP contribution in [0, 0.1) is 6.92 Å². The molecule has 2 heterocycles. The Hall–Kier alpha value is -3.51. The molecule has 5 rings (SSSR count). The zero-order valence-electron chi connectivity index (χ0n) is 18.5. The van der Waals surface area contributed by atoms with Crippen LogP contribution in [0.2, 0.25) is 0 Å². The number of nitrogens with zero attached hydrogens (tertiary/aromatic N) is 1. The van der Waals surface area contributed by atoms with Gasteiger partial charge in [0.15, 0.2) is 5.76 Å². The Balaban J connectivity index is 1.44. The molecule has 0 saturated heterocycles. The molecule has 0 amide bonds. The van der Waals surface area contributed by atoms with Crippen molar-refractivity contribution in [1.82, 2.24) is 4.57 Å². The summed E-state index contributed by atoms with van der Waals surface area (Å²) in [5, 5.41) is 0.993. The normalized spacial score (nSPS) is 13.9. The van der Waals surface area contributed by atoms with E-state index in [2.05, 4.69) is 15.9 Å². The maximum atomic E-state index is 13.1. The van der Waals surface area contributed by atoms with Crippen LogP contribution in [0.15, 0.2) is 71.0 Å². The Morgan fingerprint density at radius 1 is 1.09 bits per heavy atom. The smallest absolute Gasteiger partial charge is 0.231 e. The molecule has 0 N–H and O–H groups in total. The second-order valence-electron chi connectivity index (χ2n) is 8.00. The average molecular weight is 504 g/mol. The van der Waals surface area contributed by atoms with Gasteiger partial charge in [0.2, 0.25) is 5.78 Å². The molecule has 1 aliphatic heterocycles. The Morgan fingerprint density at radius 3 is 2.64 bits per heavy atom. The number of allylic oxidation sites excluding steroid dienone is 1. The molecule has 1 aliphatic rings. The largest absolute Gasteiger partial charge is 0.497 e. The van der Waals surface area contributed by atoms with E-state index in [1.54, 1.807) is 19.3 Å². The lowest BCUT2D eigenvalue weighted by molar-refractivity contribution is 0.101. The predicted molar refractivity (Wildman–Crippen MR) is 132 cm³/mol. The third-order valence-electron chi connectivity index (χ3n) is 5.86. The molecule has 3 aromatic carbocycles. The highest BCUT2D eigenvalue weighted by Gasteiger charge is 2.30. The minimum absolute atomic E-state index is 0.132. The van der Waals surface area contributed by atoms with Crippen molar-refractivity contribution in [1.29, 1.82) is 0 Å². The fraction of sp³-hybridized carbons (Fsp3) is 0.148. The first-order valence-electron chi connectivity index (χ1n) is 10.5. The van der Waals surface area contributed by atoms with E-state index >= 15 is 0 Å². The van der Waals surface area contributed by atoms with Crippen molar-refractivity contribution in [3.8, 4) is 17.2 Å². The van der Waals surface area contributed by atoms with Crippen LogP contribution in [0.1, 0.15) is 27.0 Å². The molecule has 6 heteroatoms. The Labute approximate surface area is 200 Å². The number of carbonyl (C=O) groups excluding carboxylic acids is 1. The topological polar surface area (TPSA) is 49.7 Å². The number of rotatable bonds is 5. The maximum absolute atomic E-state index is 13.1.